The van der Waals surface area contributed by atoms with Gasteiger partial charge in [-0.15, -0.1) is 24.8 Å². The molecule has 0 bridgehead atoms. The number of hydrogen-bond acceptors (Lipinski definition) is 3. The maximum absolute atomic E-state index is 12.9. The lowest BCUT2D eigenvalue weighted by atomic mass is 9.84. The number of hydrogen-bond donors (Lipinski definition) is 1. The van der Waals surface area contributed by atoms with Gasteiger partial charge in [0, 0.05) is 43.9 Å². The summed E-state index contributed by atoms with van der Waals surface area (Å²) in [6, 6.07) is 0. The van der Waals surface area contributed by atoms with Gasteiger partial charge < -0.3 is 10.2 Å². The third-order valence-corrected chi connectivity index (χ3v) is 5.26. The maximum Gasteiger partial charge on any atom is 0.252 e. The first kappa shape index (κ1) is 19.9. The number of nitrogens with one attached hydrogen (secondary N) is 1. The zero-order chi connectivity index (χ0) is 14.4. The summed E-state index contributed by atoms with van der Waals surface area (Å²) < 4.78 is 25.9. The van der Waals surface area contributed by atoms with Crippen molar-refractivity contribution in [2.24, 2.45) is 5.92 Å². The van der Waals surface area contributed by atoms with E-state index in [9.17, 15) is 13.6 Å². The minimum Gasteiger partial charge on any atom is -0.340 e. The number of carbonyl (C=O) groups excluding carboxylic acids is 1. The lowest BCUT2D eigenvalue weighted by molar-refractivity contribution is -0.138. The predicted octanol–water partition coefficient (Wildman–Crippen LogP) is 1.77. The summed E-state index contributed by atoms with van der Waals surface area (Å²) in [6.45, 7) is 4.14. The topological polar surface area (TPSA) is 35.6 Å². The summed E-state index contributed by atoms with van der Waals surface area (Å²) in [5, 5.41) is 3.34. The molecule has 0 aromatic carbocycles. The van der Waals surface area contributed by atoms with Gasteiger partial charge in [0.05, 0.1) is 0 Å². The van der Waals surface area contributed by atoms with Crippen molar-refractivity contribution in [2.45, 2.75) is 37.1 Å². The Balaban J connectivity index is 0.00000121. The molecule has 1 unspecified atom stereocenters. The van der Waals surface area contributed by atoms with Gasteiger partial charge in [0.15, 0.2) is 0 Å². The van der Waals surface area contributed by atoms with Crippen LogP contribution in [-0.4, -0.2) is 66.9 Å². The largest absolute Gasteiger partial charge is 0.340 e. The molecule has 1 amide bonds. The van der Waals surface area contributed by atoms with Crippen molar-refractivity contribution in [2.75, 3.05) is 39.8 Å². The van der Waals surface area contributed by atoms with Crippen LogP contribution in [0, 0.1) is 5.92 Å². The Bertz CT molecular complexity index is 406. The highest BCUT2D eigenvalue weighted by Crippen LogP contribution is 2.50. The van der Waals surface area contributed by atoms with E-state index in [1.54, 1.807) is 0 Å². The highest BCUT2D eigenvalue weighted by Gasteiger charge is 2.57. The van der Waals surface area contributed by atoms with Gasteiger partial charge >= 0.3 is 0 Å². The van der Waals surface area contributed by atoms with Crippen LogP contribution in [0.1, 0.15) is 25.7 Å². The Kier molecular flexibility index (Phi) is 6.47. The number of carbonyl (C=O) groups is 1. The first-order valence-corrected chi connectivity index (χ1v) is 7.51. The van der Waals surface area contributed by atoms with Gasteiger partial charge in [0.1, 0.15) is 0 Å². The number of piperidine rings is 1. The van der Waals surface area contributed by atoms with Crippen molar-refractivity contribution in [1.29, 1.82) is 0 Å². The molecule has 8 heteroatoms. The number of piperazine rings is 1. The third-order valence-electron chi connectivity index (χ3n) is 5.26. The summed E-state index contributed by atoms with van der Waals surface area (Å²) >= 11 is 0. The Labute approximate surface area is 142 Å². The molecule has 2 heterocycles. The molecule has 2 aliphatic heterocycles. The van der Waals surface area contributed by atoms with Gasteiger partial charge in [-0.05, 0) is 33.0 Å². The molecule has 3 aliphatic rings. The molecule has 1 atom stereocenters. The Hall–Kier alpha value is -0.170. The van der Waals surface area contributed by atoms with Crippen LogP contribution in [0.2, 0.25) is 0 Å². The SMILES string of the molecule is CN1CCN(C(=O)CC2CC2(F)F)CC12CCNCC2.Cl.Cl. The number of rotatable bonds is 2. The first-order valence-electron chi connectivity index (χ1n) is 7.51. The molecule has 2 saturated heterocycles. The summed E-state index contributed by atoms with van der Waals surface area (Å²) in [7, 11) is 2.11. The predicted molar refractivity (Wildman–Crippen MR) is 86.2 cm³/mol. The number of alkyl halides is 2. The average molecular weight is 360 g/mol. The molecule has 22 heavy (non-hydrogen) atoms. The fraction of sp³-hybridized carbons (Fsp3) is 0.929. The number of halogens is 4. The molecule has 0 aromatic rings. The number of likely N-dealkylation sites (N-methyl/N-ethyl adjacent to an activating group) is 1. The standard InChI is InChI=1S/C14H23F2N3O.2ClH/c1-18-6-7-19(10-13(18)2-4-17-5-3-13)12(20)8-11-9-14(11,15)16;;/h11,17H,2-10H2,1H3;2*1H. The molecule has 0 aromatic heterocycles. The molecule has 1 saturated carbocycles. The van der Waals surface area contributed by atoms with E-state index in [1.807, 2.05) is 4.90 Å². The van der Waals surface area contributed by atoms with E-state index in [1.165, 1.54) is 0 Å². The van der Waals surface area contributed by atoms with Crippen LogP contribution < -0.4 is 5.32 Å². The van der Waals surface area contributed by atoms with Gasteiger partial charge in [-0.3, -0.25) is 9.69 Å². The minimum atomic E-state index is -2.59. The van der Waals surface area contributed by atoms with Crippen LogP contribution in [0.15, 0.2) is 0 Å². The lowest BCUT2D eigenvalue weighted by Gasteiger charge is -2.51. The first-order chi connectivity index (χ1) is 9.43. The second kappa shape index (κ2) is 7.16. The minimum absolute atomic E-state index is 0. The Morgan fingerprint density at radius 1 is 1.23 bits per heavy atom. The highest BCUT2D eigenvalue weighted by atomic mass is 35.5. The molecule has 3 fully saturated rings. The zero-order valence-corrected chi connectivity index (χ0v) is 14.4. The van der Waals surface area contributed by atoms with Crippen molar-refractivity contribution < 1.29 is 13.6 Å². The summed E-state index contributed by atoms with van der Waals surface area (Å²) in [5.74, 6) is -3.38. The average Bonchev–Trinajstić information content (AvgIpc) is 3.01. The molecule has 130 valence electrons. The monoisotopic (exact) mass is 359 g/mol. The second-order valence-electron chi connectivity index (χ2n) is 6.58. The van der Waals surface area contributed by atoms with Crippen LogP contribution in [0.3, 0.4) is 0 Å². The molecule has 1 aliphatic carbocycles. The quantitative estimate of drug-likeness (QED) is 0.816. The molecule has 0 radical (unpaired) electrons. The van der Waals surface area contributed by atoms with Gasteiger partial charge in [-0.2, -0.15) is 0 Å². The van der Waals surface area contributed by atoms with Gasteiger partial charge in [0.25, 0.3) is 5.92 Å². The normalized spacial score (nSPS) is 29.4. The molecule has 4 nitrogen and oxygen atoms in total. The Morgan fingerprint density at radius 3 is 2.36 bits per heavy atom. The lowest BCUT2D eigenvalue weighted by Crippen LogP contribution is -2.64. The number of nitrogens with zero attached hydrogens (tertiary/aromatic N) is 2. The van der Waals surface area contributed by atoms with Crippen LogP contribution in [0.25, 0.3) is 0 Å². The molecule has 3 rings (SSSR count). The second-order valence-corrected chi connectivity index (χ2v) is 6.58. The van der Waals surface area contributed by atoms with E-state index in [-0.39, 0.29) is 49.1 Å². The fourth-order valence-electron chi connectivity index (χ4n) is 3.54. The third kappa shape index (κ3) is 3.83. The van der Waals surface area contributed by atoms with E-state index >= 15 is 0 Å². The molecular weight excluding hydrogens is 335 g/mol. The molecule has 1 spiro atoms. The summed E-state index contributed by atoms with van der Waals surface area (Å²) in [6.07, 6.45) is 1.95. The van der Waals surface area contributed by atoms with Gasteiger partial charge in [-0.25, -0.2) is 8.78 Å². The molecular formula is C14H25Cl2F2N3O. The number of amides is 1. The smallest absolute Gasteiger partial charge is 0.252 e. The van der Waals surface area contributed by atoms with Crippen molar-refractivity contribution in [1.82, 2.24) is 15.1 Å². The van der Waals surface area contributed by atoms with Crippen molar-refractivity contribution in [3.63, 3.8) is 0 Å². The van der Waals surface area contributed by atoms with E-state index in [4.69, 9.17) is 0 Å². The van der Waals surface area contributed by atoms with E-state index in [0.29, 0.717) is 13.1 Å². The zero-order valence-electron chi connectivity index (χ0n) is 12.8. The van der Waals surface area contributed by atoms with E-state index in [0.717, 1.165) is 32.5 Å². The van der Waals surface area contributed by atoms with Gasteiger partial charge in [0.2, 0.25) is 5.91 Å². The molecule has 1 N–H and O–H groups in total. The van der Waals surface area contributed by atoms with Crippen molar-refractivity contribution >= 4 is 30.7 Å². The van der Waals surface area contributed by atoms with Crippen LogP contribution in [0.5, 0.6) is 0 Å². The van der Waals surface area contributed by atoms with E-state index < -0.39 is 11.8 Å². The maximum atomic E-state index is 12.9. The van der Waals surface area contributed by atoms with Crippen LogP contribution in [-0.2, 0) is 4.79 Å². The van der Waals surface area contributed by atoms with Crippen LogP contribution in [0.4, 0.5) is 8.78 Å². The fourth-order valence-corrected chi connectivity index (χ4v) is 3.54. The van der Waals surface area contributed by atoms with Crippen molar-refractivity contribution in [3.8, 4) is 0 Å². The Morgan fingerprint density at radius 2 is 1.82 bits per heavy atom. The summed E-state index contributed by atoms with van der Waals surface area (Å²) in [4.78, 5) is 16.4. The van der Waals surface area contributed by atoms with E-state index in [2.05, 4.69) is 17.3 Å². The van der Waals surface area contributed by atoms with Crippen molar-refractivity contribution in [3.05, 3.63) is 0 Å². The summed E-state index contributed by atoms with van der Waals surface area (Å²) in [5.41, 5.74) is 0.0469. The van der Waals surface area contributed by atoms with Crippen LogP contribution >= 0.6 is 24.8 Å². The highest BCUT2D eigenvalue weighted by molar-refractivity contribution is 5.85. The van der Waals surface area contributed by atoms with Gasteiger partial charge in [-0.1, -0.05) is 0 Å².